The predicted molar refractivity (Wildman–Crippen MR) is 93.6 cm³/mol. The third-order valence-corrected chi connectivity index (χ3v) is 4.17. The van der Waals surface area contributed by atoms with Gasteiger partial charge in [0.15, 0.2) is 0 Å². The van der Waals surface area contributed by atoms with E-state index < -0.39 is 0 Å². The molecule has 0 radical (unpaired) electrons. The molecule has 0 aliphatic carbocycles. The van der Waals surface area contributed by atoms with Crippen LogP contribution in [0.3, 0.4) is 0 Å². The van der Waals surface area contributed by atoms with Gasteiger partial charge in [0.2, 0.25) is 0 Å². The maximum absolute atomic E-state index is 6.00. The van der Waals surface area contributed by atoms with E-state index in [0.717, 1.165) is 30.5 Å². The first kappa shape index (κ1) is 17.5. The monoisotopic (exact) mass is 286 g/mol. The summed E-state index contributed by atoms with van der Waals surface area (Å²) in [6.45, 7) is 15.1. The van der Waals surface area contributed by atoms with Crippen LogP contribution in [0.15, 0.2) is 37.1 Å². The maximum Gasteiger partial charge on any atom is 0.0178 e. The van der Waals surface area contributed by atoms with E-state index >= 15 is 0 Å². The van der Waals surface area contributed by atoms with Crippen LogP contribution in [-0.4, -0.2) is 0 Å². The molecule has 0 bridgehead atoms. The SMILES string of the molecule is C=C(C)c1ccc(CN)cc1CC(C)C(CCC)C(=C)N. The number of benzene rings is 1. The van der Waals surface area contributed by atoms with E-state index in [9.17, 15) is 0 Å². The molecule has 4 N–H and O–H groups in total. The van der Waals surface area contributed by atoms with Gasteiger partial charge in [0.25, 0.3) is 0 Å². The fourth-order valence-corrected chi connectivity index (χ4v) is 2.99. The maximum atomic E-state index is 6.00. The second kappa shape index (κ2) is 8.04. The summed E-state index contributed by atoms with van der Waals surface area (Å²) < 4.78 is 0. The Hall–Kier alpha value is -1.54. The number of rotatable bonds is 8. The Morgan fingerprint density at radius 1 is 1.29 bits per heavy atom. The zero-order valence-electron chi connectivity index (χ0n) is 13.8. The molecule has 21 heavy (non-hydrogen) atoms. The minimum absolute atomic E-state index is 0.370. The molecule has 0 spiro atoms. The minimum Gasteiger partial charge on any atom is -0.402 e. The van der Waals surface area contributed by atoms with Crippen LogP contribution in [-0.2, 0) is 13.0 Å². The molecule has 2 heteroatoms. The van der Waals surface area contributed by atoms with Gasteiger partial charge >= 0.3 is 0 Å². The molecule has 0 amide bonds. The number of nitrogens with two attached hydrogens (primary N) is 2. The summed E-state index contributed by atoms with van der Waals surface area (Å²) in [6, 6.07) is 6.44. The molecule has 0 heterocycles. The molecular weight excluding hydrogens is 256 g/mol. The Morgan fingerprint density at radius 2 is 1.95 bits per heavy atom. The molecule has 0 fully saturated rings. The highest BCUT2D eigenvalue weighted by Crippen LogP contribution is 2.28. The first-order valence-corrected chi connectivity index (χ1v) is 7.82. The molecule has 1 aromatic carbocycles. The van der Waals surface area contributed by atoms with Gasteiger partial charge in [-0.1, -0.05) is 57.2 Å². The lowest BCUT2D eigenvalue weighted by Crippen LogP contribution is -2.21. The van der Waals surface area contributed by atoms with Gasteiger partial charge in [-0.3, -0.25) is 0 Å². The van der Waals surface area contributed by atoms with E-state index in [1.54, 1.807) is 0 Å². The van der Waals surface area contributed by atoms with Gasteiger partial charge in [-0.2, -0.15) is 0 Å². The van der Waals surface area contributed by atoms with Crippen molar-refractivity contribution in [2.24, 2.45) is 23.3 Å². The van der Waals surface area contributed by atoms with Crippen LogP contribution in [0.1, 0.15) is 50.3 Å². The van der Waals surface area contributed by atoms with Crippen molar-refractivity contribution in [2.75, 3.05) is 0 Å². The highest BCUT2D eigenvalue weighted by atomic mass is 14.6. The second-order valence-electron chi connectivity index (χ2n) is 6.13. The fraction of sp³-hybridized carbons (Fsp3) is 0.474. The van der Waals surface area contributed by atoms with Crippen LogP contribution in [0.4, 0.5) is 0 Å². The van der Waals surface area contributed by atoms with Gasteiger partial charge in [-0.15, -0.1) is 0 Å². The lowest BCUT2D eigenvalue weighted by atomic mass is 9.82. The van der Waals surface area contributed by atoms with E-state index in [0.29, 0.717) is 18.4 Å². The zero-order chi connectivity index (χ0) is 16.0. The Balaban J connectivity index is 3.03. The Labute approximate surface area is 129 Å². The highest BCUT2D eigenvalue weighted by molar-refractivity contribution is 5.65. The Kier molecular flexibility index (Phi) is 6.70. The Morgan fingerprint density at radius 3 is 2.43 bits per heavy atom. The van der Waals surface area contributed by atoms with E-state index in [2.05, 4.69) is 52.1 Å². The molecule has 2 atom stereocenters. The van der Waals surface area contributed by atoms with Gasteiger partial charge in [0, 0.05) is 18.2 Å². The van der Waals surface area contributed by atoms with E-state index in [4.69, 9.17) is 11.5 Å². The second-order valence-corrected chi connectivity index (χ2v) is 6.13. The van der Waals surface area contributed by atoms with Crippen molar-refractivity contribution in [3.8, 4) is 0 Å². The van der Waals surface area contributed by atoms with Crippen LogP contribution in [0.25, 0.3) is 5.57 Å². The standard InChI is InChI=1S/C19H30N2/c1-6-7-19(15(5)21)14(4)10-17-11-16(12-20)8-9-18(17)13(2)3/h8-9,11,14,19H,2,5-7,10,12,20-21H2,1,3-4H3. The normalized spacial score (nSPS) is 13.7. The van der Waals surface area contributed by atoms with Crippen LogP contribution >= 0.6 is 0 Å². The average molecular weight is 286 g/mol. The van der Waals surface area contributed by atoms with Crippen molar-refractivity contribution < 1.29 is 0 Å². The van der Waals surface area contributed by atoms with Gasteiger partial charge in [-0.05, 0) is 42.4 Å². The molecule has 1 rings (SSSR count). The lowest BCUT2D eigenvalue weighted by molar-refractivity contribution is 0.377. The summed E-state index contributed by atoms with van der Waals surface area (Å²) in [4.78, 5) is 0. The minimum atomic E-state index is 0.370. The van der Waals surface area contributed by atoms with Gasteiger partial charge in [-0.25, -0.2) is 0 Å². The first-order chi connectivity index (χ1) is 9.90. The largest absolute Gasteiger partial charge is 0.402 e. The summed E-state index contributed by atoms with van der Waals surface area (Å²) in [6.07, 6.45) is 3.20. The molecule has 0 saturated heterocycles. The van der Waals surface area contributed by atoms with E-state index in [1.807, 2.05) is 0 Å². The third kappa shape index (κ3) is 4.75. The number of allylic oxidation sites excluding steroid dienone is 2. The van der Waals surface area contributed by atoms with E-state index in [-0.39, 0.29) is 0 Å². The third-order valence-electron chi connectivity index (χ3n) is 4.17. The molecule has 116 valence electrons. The van der Waals surface area contributed by atoms with Crippen molar-refractivity contribution in [3.05, 3.63) is 53.7 Å². The summed E-state index contributed by atoms with van der Waals surface area (Å²) >= 11 is 0. The van der Waals surface area contributed by atoms with Crippen molar-refractivity contribution in [1.82, 2.24) is 0 Å². The fourth-order valence-electron chi connectivity index (χ4n) is 2.99. The Bertz CT molecular complexity index is 502. The molecule has 0 saturated carbocycles. The predicted octanol–water partition coefficient (Wildman–Crippen LogP) is 4.25. The van der Waals surface area contributed by atoms with Crippen LogP contribution < -0.4 is 11.5 Å². The van der Waals surface area contributed by atoms with Crippen LogP contribution in [0.5, 0.6) is 0 Å². The van der Waals surface area contributed by atoms with Crippen LogP contribution in [0.2, 0.25) is 0 Å². The van der Waals surface area contributed by atoms with Gasteiger partial charge < -0.3 is 11.5 Å². The molecule has 0 aromatic heterocycles. The van der Waals surface area contributed by atoms with Crippen molar-refractivity contribution in [3.63, 3.8) is 0 Å². The number of hydrogen-bond donors (Lipinski definition) is 2. The molecule has 2 nitrogen and oxygen atoms in total. The first-order valence-electron chi connectivity index (χ1n) is 7.82. The number of hydrogen-bond acceptors (Lipinski definition) is 2. The molecular formula is C19H30N2. The van der Waals surface area contributed by atoms with Crippen molar-refractivity contribution in [1.29, 1.82) is 0 Å². The smallest absolute Gasteiger partial charge is 0.0178 e. The van der Waals surface area contributed by atoms with Gasteiger partial charge in [0.1, 0.15) is 0 Å². The average Bonchev–Trinajstić information content (AvgIpc) is 2.43. The highest BCUT2D eigenvalue weighted by Gasteiger charge is 2.19. The summed E-state index contributed by atoms with van der Waals surface area (Å²) in [5.41, 5.74) is 17.4. The van der Waals surface area contributed by atoms with Crippen molar-refractivity contribution in [2.45, 2.75) is 46.6 Å². The van der Waals surface area contributed by atoms with E-state index in [1.165, 1.54) is 16.7 Å². The topological polar surface area (TPSA) is 52.0 Å². The summed E-state index contributed by atoms with van der Waals surface area (Å²) in [7, 11) is 0. The molecule has 2 unspecified atom stereocenters. The molecule has 0 aliphatic rings. The summed E-state index contributed by atoms with van der Waals surface area (Å²) in [5.74, 6) is 0.836. The lowest BCUT2D eigenvalue weighted by Gasteiger charge is -2.25. The van der Waals surface area contributed by atoms with Gasteiger partial charge in [0.05, 0.1) is 0 Å². The summed E-state index contributed by atoms with van der Waals surface area (Å²) in [5, 5.41) is 0. The van der Waals surface area contributed by atoms with Crippen molar-refractivity contribution >= 4 is 5.57 Å². The van der Waals surface area contributed by atoms with Crippen LogP contribution in [0, 0.1) is 11.8 Å². The zero-order valence-corrected chi connectivity index (χ0v) is 13.8. The molecule has 1 aromatic rings. The quantitative estimate of drug-likeness (QED) is 0.750. The molecule has 0 aliphatic heterocycles.